The third kappa shape index (κ3) is 5.55. The van der Waals surface area contributed by atoms with Crippen LogP contribution in [-0.4, -0.2) is 34.2 Å². The van der Waals surface area contributed by atoms with E-state index in [1.807, 2.05) is 45.0 Å². The molecule has 0 saturated carbocycles. The Kier molecular flexibility index (Phi) is 6.37. The van der Waals surface area contributed by atoms with Crippen molar-refractivity contribution in [3.63, 3.8) is 0 Å². The monoisotopic (exact) mass is 293 g/mol. The summed E-state index contributed by atoms with van der Waals surface area (Å²) >= 11 is 0. The lowest BCUT2D eigenvalue weighted by Gasteiger charge is -2.19. The van der Waals surface area contributed by atoms with E-state index in [0.717, 1.165) is 11.1 Å². The van der Waals surface area contributed by atoms with Crippen molar-refractivity contribution in [1.82, 2.24) is 5.32 Å². The molecule has 0 spiro atoms. The van der Waals surface area contributed by atoms with Crippen molar-refractivity contribution < 1.29 is 19.8 Å². The van der Waals surface area contributed by atoms with Crippen LogP contribution in [0.25, 0.3) is 0 Å². The highest BCUT2D eigenvalue weighted by Gasteiger charge is 2.25. The van der Waals surface area contributed by atoms with Gasteiger partial charge in [0.1, 0.15) is 12.1 Å². The number of aliphatic carboxylic acids is 1. The van der Waals surface area contributed by atoms with E-state index in [-0.39, 0.29) is 12.3 Å². The van der Waals surface area contributed by atoms with Crippen molar-refractivity contribution in [2.75, 3.05) is 0 Å². The van der Waals surface area contributed by atoms with Crippen LogP contribution in [-0.2, 0) is 16.0 Å². The average molecular weight is 293 g/mol. The maximum Gasteiger partial charge on any atom is 0.326 e. The van der Waals surface area contributed by atoms with E-state index in [9.17, 15) is 19.8 Å². The smallest absolute Gasteiger partial charge is 0.326 e. The molecule has 3 N–H and O–H groups in total. The lowest BCUT2D eigenvalue weighted by molar-refractivity contribution is -0.143. The number of amides is 1. The molecule has 116 valence electrons. The van der Waals surface area contributed by atoms with Crippen molar-refractivity contribution in [2.45, 2.75) is 45.8 Å². The van der Waals surface area contributed by atoms with Gasteiger partial charge in [0.25, 0.3) is 0 Å². The van der Waals surface area contributed by atoms with Crippen LogP contribution in [0.2, 0.25) is 0 Å². The Morgan fingerprint density at radius 1 is 1.24 bits per heavy atom. The van der Waals surface area contributed by atoms with Crippen molar-refractivity contribution in [3.05, 3.63) is 35.4 Å². The minimum absolute atomic E-state index is 0.158. The molecule has 0 aliphatic heterocycles. The molecule has 1 aromatic rings. The Bertz CT molecular complexity index is 499. The molecule has 0 bridgehead atoms. The number of nitrogens with one attached hydrogen (secondary N) is 1. The minimum Gasteiger partial charge on any atom is -0.480 e. The molecule has 0 unspecified atom stereocenters. The van der Waals surface area contributed by atoms with Crippen LogP contribution < -0.4 is 5.32 Å². The van der Waals surface area contributed by atoms with Gasteiger partial charge in [-0.15, -0.1) is 0 Å². The van der Waals surface area contributed by atoms with Gasteiger partial charge >= 0.3 is 5.97 Å². The number of aliphatic hydroxyl groups is 1. The van der Waals surface area contributed by atoms with Crippen molar-refractivity contribution in [1.29, 1.82) is 0 Å². The molecule has 0 aliphatic carbocycles. The SMILES string of the molecule is Cc1ccccc1C[C@@H](NC(=O)[C@@H](O)CC(C)C)C(=O)O. The van der Waals surface area contributed by atoms with Crippen molar-refractivity contribution in [3.8, 4) is 0 Å². The maximum absolute atomic E-state index is 11.8. The van der Waals surface area contributed by atoms with Crippen molar-refractivity contribution >= 4 is 11.9 Å². The molecule has 5 nitrogen and oxygen atoms in total. The molecule has 1 amide bonds. The molecule has 0 radical (unpaired) electrons. The minimum atomic E-state index is -1.18. The number of carbonyl (C=O) groups excluding carboxylic acids is 1. The first-order chi connectivity index (χ1) is 9.81. The fourth-order valence-electron chi connectivity index (χ4n) is 2.08. The summed E-state index contributed by atoms with van der Waals surface area (Å²) in [6.45, 7) is 5.67. The number of benzene rings is 1. The van der Waals surface area contributed by atoms with Crippen LogP contribution in [0.1, 0.15) is 31.4 Å². The zero-order chi connectivity index (χ0) is 16.0. The van der Waals surface area contributed by atoms with Crippen LogP contribution in [0, 0.1) is 12.8 Å². The molecule has 5 heteroatoms. The Labute approximate surface area is 125 Å². The van der Waals surface area contributed by atoms with Crippen molar-refractivity contribution in [2.24, 2.45) is 5.92 Å². The summed E-state index contributed by atoms with van der Waals surface area (Å²) in [6, 6.07) is 6.39. The topological polar surface area (TPSA) is 86.6 Å². The quantitative estimate of drug-likeness (QED) is 0.711. The molecule has 0 aromatic heterocycles. The second-order valence-corrected chi connectivity index (χ2v) is 5.68. The van der Waals surface area contributed by atoms with Gasteiger partial charge in [0, 0.05) is 6.42 Å². The summed E-state index contributed by atoms with van der Waals surface area (Å²) in [5.41, 5.74) is 1.84. The molecule has 1 aromatic carbocycles. The number of hydrogen-bond acceptors (Lipinski definition) is 3. The molecule has 0 fully saturated rings. The van der Waals surface area contributed by atoms with Gasteiger partial charge in [0.05, 0.1) is 0 Å². The highest BCUT2D eigenvalue weighted by molar-refractivity contribution is 5.86. The first-order valence-corrected chi connectivity index (χ1v) is 7.07. The lowest BCUT2D eigenvalue weighted by Crippen LogP contribution is -2.47. The lowest BCUT2D eigenvalue weighted by atomic mass is 10.0. The van der Waals surface area contributed by atoms with Gasteiger partial charge in [0.2, 0.25) is 5.91 Å². The highest BCUT2D eigenvalue weighted by atomic mass is 16.4. The number of aliphatic hydroxyl groups excluding tert-OH is 1. The zero-order valence-electron chi connectivity index (χ0n) is 12.7. The first-order valence-electron chi connectivity index (χ1n) is 7.07. The third-order valence-electron chi connectivity index (χ3n) is 3.30. The average Bonchev–Trinajstić information content (AvgIpc) is 2.39. The standard InChI is InChI=1S/C16H23NO4/c1-10(2)8-14(18)15(19)17-13(16(20)21)9-12-7-5-4-6-11(12)3/h4-7,10,13-14,18H,8-9H2,1-3H3,(H,17,19)(H,20,21)/t13-,14+/m1/s1. The van der Waals surface area contributed by atoms with Gasteiger partial charge in [-0.2, -0.15) is 0 Å². The molecule has 21 heavy (non-hydrogen) atoms. The summed E-state index contributed by atoms with van der Waals surface area (Å²) in [5.74, 6) is -1.58. The van der Waals surface area contributed by atoms with Gasteiger partial charge in [-0.25, -0.2) is 4.79 Å². The number of carboxylic acid groups (broad SMARTS) is 1. The van der Waals surface area contributed by atoms with E-state index in [2.05, 4.69) is 5.32 Å². The largest absolute Gasteiger partial charge is 0.480 e. The van der Waals surface area contributed by atoms with Gasteiger partial charge in [-0.05, 0) is 30.4 Å². The molecular weight excluding hydrogens is 270 g/mol. The second kappa shape index (κ2) is 7.78. The number of aryl methyl sites for hydroxylation is 1. The van der Waals surface area contributed by atoms with Gasteiger partial charge < -0.3 is 15.5 Å². The molecule has 1 rings (SSSR count). The normalized spacial score (nSPS) is 13.8. The van der Waals surface area contributed by atoms with E-state index in [4.69, 9.17) is 0 Å². The second-order valence-electron chi connectivity index (χ2n) is 5.68. The Morgan fingerprint density at radius 3 is 2.38 bits per heavy atom. The molecule has 2 atom stereocenters. The number of hydrogen-bond donors (Lipinski definition) is 3. The van der Waals surface area contributed by atoms with Crippen LogP contribution in [0.15, 0.2) is 24.3 Å². The summed E-state index contributed by atoms with van der Waals surface area (Å²) in [5, 5.41) is 21.4. The van der Waals surface area contributed by atoms with Crippen LogP contribution in [0.4, 0.5) is 0 Å². The Morgan fingerprint density at radius 2 is 1.86 bits per heavy atom. The van der Waals surface area contributed by atoms with E-state index in [1.54, 1.807) is 0 Å². The van der Waals surface area contributed by atoms with E-state index < -0.39 is 24.0 Å². The summed E-state index contributed by atoms with van der Waals surface area (Å²) in [4.78, 5) is 23.1. The molecule has 0 heterocycles. The molecule has 0 saturated heterocycles. The summed E-state index contributed by atoms with van der Waals surface area (Å²) in [6.07, 6.45) is -0.672. The van der Waals surface area contributed by atoms with E-state index in [1.165, 1.54) is 0 Å². The third-order valence-corrected chi connectivity index (χ3v) is 3.30. The summed E-state index contributed by atoms with van der Waals surface area (Å²) in [7, 11) is 0. The Balaban J connectivity index is 2.73. The van der Waals surface area contributed by atoms with Gasteiger partial charge in [-0.3, -0.25) is 4.79 Å². The molecule has 0 aliphatic rings. The predicted octanol–water partition coefficient (Wildman–Crippen LogP) is 1.51. The van der Waals surface area contributed by atoms with E-state index >= 15 is 0 Å². The number of rotatable bonds is 7. The summed E-state index contributed by atoms with van der Waals surface area (Å²) < 4.78 is 0. The predicted molar refractivity (Wildman–Crippen MR) is 79.9 cm³/mol. The van der Waals surface area contributed by atoms with Gasteiger partial charge in [-0.1, -0.05) is 38.1 Å². The highest BCUT2D eigenvalue weighted by Crippen LogP contribution is 2.11. The van der Waals surface area contributed by atoms with Gasteiger partial charge in [0.15, 0.2) is 0 Å². The van der Waals surface area contributed by atoms with E-state index in [0.29, 0.717) is 6.42 Å². The number of carboxylic acids is 1. The van der Waals surface area contributed by atoms with Crippen LogP contribution in [0.5, 0.6) is 0 Å². The number of carbonyl (C=O) groups is 2. The zero-order valence-corrected chi connectivity index (χ0v) is 12.7. The van der Waals surface area contributed by atoms with Crippen LogP contribution >= 0.6 is 0 Å². The molecular formula is C16H23NO4. The fraction of sp³-hybridized carbons (Fsp3) is 0.500. The Hall–Kier alpha value is -1.88. The maximum atomic E-state index is 11.8. The first kappa shape index (κ1) is 17.2. The fourth-order valence-corrected chi connectivity index (χ4v) is 2.08. The van der Waals surface area contributed by atoms with Crippen LogP contribution in [0.3, 0.4) is 0 Å².